The van der Waals surface area contributed by atoms with Crippen molar-refractivity contribution in [3.8, 4) is 5.75 Å². The van der Waals surface area contributed by atoms with Gasteiger partial charge in [0.05, 0.1) is 19.4 Å². The molecule has 0 spiro atoms. The first-order valence-electron chi connectivity index (χ1n) is 8.61. The van der Waals surface area contributed by atoms with E-state index in [2.05, 4.69) is 10.0 Å². The lowest BCUT2D eigenvalue weighted by Gasteiger charge is -2.37. The van der Waals surface area contributed by atoms with Crippen LogP contribution in [0.15, 0.2) is 48.5 Å². The Morgan fingerprint density at radius 1 is 1.19 bits per heavy atom. The summed E-state index contributed by atoms with van der Waals surface area (Å²) in [7, 11) is -1.73. The monoisotopic (exact) mass is 389 g/mol. The van der Waals surface area contributed by atoms with E-state index in [4.69, 9.17) is 4.74 Å². The van der Waals surface area contributed by atoms with Gasteiger partial charge in [0.2, 0.25) is 10.0 Å². The van der Waals surface area contributed by atoms with E-state index in [0.717, 1.165) is 17.6 Å². The van der Waals surface area contributed by atoms with Crippen LogP contribution < -0.4 is 14.8 Å². The molecule has 2 aromatic rings. The number of nitrogens with one attached hydrogen (secondary N) is 2. The minimum absolute atomic E-state index is 0.0988. The number of ether oxygens (including phenoxy) is 1. The summed E-state index contributed by atoms with van der Waals surface area (Å²) >= 11 is 0. The fourth-order valence-corrected chi connectivity index (χ4v) is 3.79. The molecule has 8 heteroatoms. The lowest BCUT2D eigenvalue weighted by atomic mass is 10.0. The van der Waals surface area contributed by atoms with Crippen LogP contribution in [-0.4, -0.2) is 52.2 Å². The molecule has 0 aromatic heterocycles. The van der Waals surface area contributed by atoms with Crippen LogP contribution in [0, 0.1) is 0 Å². The molecule has 0 bridgehead atoms. The third-order valence-corrected chi connectivity index (χ3v) is 5.04. The van der Waals surface area contributed by atoms with Crippen molar-refractivity contribution in [2.75, 3.05) is 37.7 Å². The van der Waals surface area contributed by atoms with E-state index < -0.39 is 10.0 Å². The van der Waals surface area contributed by atoms with Gasteiger partial charge in [0.15, 0.2) is 0 Å². The normalized spacial score (nSPS) is 17.4. The van der Waals surface area contributed by atoms with E-state index in [9.17, 15) is 13.2 Å². The van der Waals surface area contributed by atoms with Crippen molar-refractivity contribution in [2.45, 2.75) is 6.04 Å². The fraction of sp³-hybridized carbons (Fsp3) is 0.316. The first-order valence-corrected chi connectivity index (χ1v) is 10.5. The lowest BCUT2D eigenvalue weighted by molar-refractivity contribution is 0.0631. The molecule has 144 valence electrons. The number of rotatable bonds is 5. The van der Waals surface area contributed by atoms with Gasteiger partial charge in [-0.15, -0.1) is 0 Å². The number of piperazine rings is 1. The van der Waals surface area contributed by atoms with Gasteiger partial charge in [-0.1, -0.05) is 18.2 Å². The average molecular weight is 389 g/mol. The highest BCUT2D eigenvalue weighted by atomic mass is 32.2. The Balaban J connectivity index is 1.85. The second-order valence-electron chi connectivity index (χ2n) is 6.41. The van der Waals surface area contributed by atoms with E-state index >= 15 is 0 Å². The number of carbonyl (C=O) groups is 1. The highest BCUT2D eigenvalue weighted by Gasteiger charge is 2.30. The van der Waals surface area contributed by atoms with E-state index in [1.807, 2.05) is 29.2 Å². The number of para-hydroxylation sites is 1. The number of benzene rings is 2. The SMILES string of the molecule is COc1ccccc1C1CNCCN1C(=O)c1ccc(NS(C)(=O)=O)cc1. The number of carbonyl (C=O) groups excluding carboxylic acids is 1. The highest BCUT2D eigenvalue weighted by Crippen LogP contribution is 2.31. The zero-order valence-electron chi connectivity index (χ0n) is 15.3. The molecule has 27 heavy (non-hydrogen) atoms. The molecule has 3 rings (SSSR count). The van der Waals surface area contributed by atoms with Crippen molar-refractivity contribution in [1.29, 1.82) is 0 Å². The van der Waals surface area contributed by atoms with Gasteiger partial charge in [0, 0.05) is 36.4 Å². The zero-order valence-corrected chi connectivity index (χ0v) is 16.1. The van der Waals surface area contributed by atoms with E-state index in [-0.39, 0.29) is 11.9 Å². The molecule has 0 radical (unpaired) electrons. The Morgan fingerprint density at radius 2 is 1.89 bits per heavy atom. The van der Waals surface area contributed by atoms with E-state index in [1.165, 1.54) is 0 Å². The standard InChI is InChI=1S/C19H23N3O4S/c1-26-18-6-4-3-5-16(18)17-13-20-11-12-22(17)19(23)14-7-9-15(10-8-14)21-27(2,24)25/h3-10,17,20-21H,11-13H2,1-2H3. The molecule has 1 unspecified atom stereocenters. The van der Waals surface area contributed by atoms with E-state index in [1.54, 1.807) is 31.4 Å². The molecular weight excluding hydrogens is 366 g/mol. The molecule has 1 fully saturated rings. The summed E-state index contributed by atoms with van der Waals surface area (Å²) in [6.45, 7) is 1.93. The molecule has 1 heterocycles. The summed E-state index contributed by atoms with van der Waals surface area (Å²) < 4.78 is 30.5. The lowest BCUT2D eigenvalue weighted by Crippen LogP contribution is -2.48. The number of nitrogens with zero attached hydrogens (tertiary/aromatic N) is 1. The molecule has 1 atom stereocenters. The summed E-state index contributed by atoms with van der Waals surface area (Å²) in [4.78, 5) is 14.9. The molecule has 0 aliphatic carbocycles. The van der Waals surface area contributed by atoms with Gasteiger partial charge in [0.1, 0.15) is 5.75 Å². The number of hydrogen-bond donors (Lipinski definition) is 2. The maximum Gasteiger partial charge on any atom is 0.254 e. The van der Waals surface area contributed by atoms with E-state index in [0.29, 0.717) is 30.9 Å². The third-order valence-electron chi connectivity index (χ3n) is 4.44. The van der Waals surface area contributed by atoms with Gasteiger partial charge in [-0.3, -0.25) is 9.52 Å². The summed E-state index contributed by atoms with van der Waals surface area (Å²) in [5, 5.41) is 3.33. The summed E-state index contributed by atoms with van der Waals surface area (Å²) in [5.41, 5.74) is 1.89. The largest absolute Gasteiger partial charge is 0.496 e. The first-order chi connectivity index (χ1) is 12.9. The smallest absolute Gasteiger partial charge is 0.254 e. The molecule has 1 saturated heterocycles. The molecule has 1 amide bonds. The van der Waals surface area contributed by atoms with Crippen LogP contribution in [0.3, 0.4) is 0 Å². The maximum atomic E-state index is 13.1. The van der Waals surface area contributed by atoms with Crippen molar-refractivity contribution in [3.05, 3.63) is 59.7 Å². The van der Waals surface area contributed by atoms with Crippen LogP contribution in [0.2, 0.25) is 0 Å². The third kappa shape index (κ3) is 4.58. The molecule has 7 nitrogen and oxygen atoms in total. The Kier molecular flexibility index (Phi) is 5.67. The second kappa shape index (κ2) is 7.98. The van der Waals surface area contributed by atoms with Crippen molar-refractivity contribution >= 4 is 21.6 Å². The first kappa shape index (κ1) is 19.2. The van der Waals surface area contributed by atoms with Crippen LogP contribution >= 0.6 is 0 Å². The van der Waals surface area contributed by atoms with Crippen molar-refractivity contribution in [3.63, 3.8) is 0 Å². The molecular formula is C19H23N3O4S. The number of amides is 1. The van der Waals surface area contributed by atoms with Crippen LogP contribution in [0.4, 0.5) is 5.69 Å². The molecule has 1 aliphatic rings. The Hall–Kier alpha value is -2.58. The van der Waals surface area contributed by atoms with Crippen molar-refractivity contribution in [1.82, 2.24) is 10.2 Å². The minimum atomic E-state index is -3.35. The van der Waals surface area contributed by atoms with Crippen LogP contribution in [0.25, 0.3) is 0 Å². The summed E-state index contributed by atoms with van der Waals surface area (Å²) in [6, 6.07) is 14.0. The number of hydrogen-bond acceptors (Lipinski definition) is 5. The summed E-state index contributed by atoms with van der Waals surface area (Å²) in [5.74, 6) is 0.648. The number of methoxy groups -OCH3 is 1. The number of anilines is 1. The summed E-state index contributed by atoms with van der Waals surface area (Å²) in [6.07, 6.45) is 1.09. The predicted octanol–water partition coefficient (Wildman–Crippen LogP) is 1.85. The van der Waals surface area contributed by atoms with Gasteiger partial charge in [-0.25, -0.2) is 8.42 Å². The quantitative estimate of drug-likeness (QED) is 0.815. The average Bonchev–Trinajstić information content (AvgIpc) is 2.67. The maximum absolute atomic E-state index is 13.1. The zero-order chi connectivity index (χ0) is 19.4. The van der Waals surface area contributed by atoms with Crippen LogP contribution in [0.1, 0.15) is 22.0 Å². The fourth-order valence-electron chi connectivity index (χ4n) is 3.23. The van der Waals surface area contributed by atoms with Gasteiger partial charge in [-0.05, 0) is 30.3 Å². The molecule has 1 aliphatic heterocycles. The molecule has 2 aromatic carbocycles. The predicted molar refractivity (Wildman–Crippen MR) is 105 cm³/mol. The Morgan fingerprint density at radius 3 is 2.56 bits per heavy atom. The molecule has 0 saturated carbocycles. The Labute approximate surface area is 159 Å². The molecule has 2 N–H and O–H groups in total. The van der Waals surface area contributed by atoms with Crippen molar-refractivity contribution < 1.29 is 17.9 Å². The Bertz CT molecular complexity index is 913. The second-order valence-corrected chi connectivity index (χ2v) is 8.16. The van der Waals surface area contributed by atoms with Gasteiger partial charge >= 0.3 is 0 Å². The highest BCUT2D eigenvalue weighted by molar-refractivity contribution is 7.92. The van der Waals surface area contributed by atoms with Gasteiger partial charge in [0.25, 0.3) is 5.91 Å². The number of sulfonamides is 1. The van der Waals surface area contributed by atoms with Crippen LogP contribution in [-0.2, 0) is 10.0 Å². The van der Waals surface area contributed by atoms with Gasteiger partial charge < -0.3 is 15.0 Å². The van der Waals surface area contributed by atoms with Crippen LogP contribution in [0.5, 0.6) is 5.75 Å². The van der Waals surface area contributed by atoms with Gasteiger partial charge in [-0.2, -0.15) is 0 Å². The van der Waals surface area contributed by atoms with Crippen molar-refractivity contribution in [2.24, 2.45) is 0 Å². The topological polar surface area (TPSA) is 87.7 Å². The minimum Gasteiger partial charge on any atom is -0.496 e.